The van der Waals surface area contributed by atoms with Gasteiger partial charge in [0.25, 0.3) is 10.0 Å². The molecule has 1 heterocycles. The minimum absolute atomic E-state index is 0.106. The molecule has 0 atom stereocenters. The number of nitrogens with one attached hydrogen (secondary N) is 2. The lowest BCUT2D eigenvalue weighted by atomic mass is 10.3. The molecule has 0 amide bonds. The van der Waals surface area contributed by atoms with E-state index in [1.165, 1.54) is 12.1 Å². The van der Waals surface area contributed by atoms with Gasteiger partial charge in [-0.25, -0.2) is 8.42 Å². The molecular formula is C7H7N7O4S2. The summed E-state index contributed by atoms with van der Waals surface area (Å²) in [5.41, 5.74) is 1.28. The van der Waals surface area contributed by atoms with Crippen molar-refractivity contribution >= 4 is 38.1 Å². The number of benzene rings is 1. The molecule has 0 aliphatic carbocycles. The Morgan fingerprint density at radius 1 is 1.40 bits per heavy atom. The van der Waals surface area contributed by atoms with Crippen molar-refractivity contribution in [3.05, 3.63) is 28.3 Å². The maximum absolute atomic E-state index is 12.1. The Balaban J connectivity index is 2.54. The highest BCUT2D eigenvalue weighted by molar-refractivity contribution is 7.93. The van der Waals surface area contributed by atoms with Gasteiger partial charge < -0.3 is 5.43 Å². The highest BCUT2D eigenvalue weighted by atomic mass is 32.2. The molecule has 106 valence electrons. The number of para-hydroxylation sites is 1. The van der Waals surface area contributed by atoms with Crippen LogP contribution in [0.5, 0.6) is 0 Å². The molecule has 0 saturated heterocycles. The molecule has 2 aromatic rings. The number of sulfonamides is 1. The molecule has 0 bridgehead atoms. The number of hydrogen-bond acceptors (Lipinski definition) is 10. The van der Waals surface area contributed by atoms with E-state index in [0.29, 0.717) is 11.5 Å². The molecule has 0 fully saturated rings. The quantitative estimate of drug-likeness (QED) is 0.388. The first-order valence-corrected chi connectivity index (χ1v) is 7.13. The third-order valence-corrected chi connectivity index (χ3v) is 4.16. The van der Waals surface area contributed by atoms with Crippen LogP contribution in [-0.4, -0.2) is 28.1 Å². The van der Waals surface area contributed by atoms with Gasteiger partial charge in [0, 0.05) is 11.5 Å². The van der Waals surface area contributed by atoms with Crippen LogP contribution in [0.3, 0.4) is 0 Å². The van der Waals surface area contributed by atoms with Gasteiger partial charge in [-0.15, -0.1) is 0 Å². The summed E-state index contributed by atoms with van der Waals surface area (Å²) in [4.78, 5) is 9.64. The third kappa shape index (κ3) is 2.63. The Hall–Kier alpha value is -2.38. The second kappa shape index (κ2) is 5.32. The molecule has 0 aliphatic heterocycles. The lowest BCUT2D eigenvalue weighted by Gasteiger charge is -2.08. The number of nitrogens with two attached hydrogens (primary N) is 1. The third-order valence-electron chi connectivity index (χ3n) is 2.15. The number of nitro groups is 1. The molecule has 20 heavy (non-hydrogen) atoms. The Labute approximate surface area is 116 Å². The minimum Gasteiger partial charge on any atom is -0.318 e. The van der Waals surface area contributed by atoms with Gasteiger partial charge in [0.2, 0.25) is 5.13 Å². The maximum Gasteiger partial charge on any atom is 0.314 e. The summed E-state index contributed by atoms with van der Waals surface area (Å²) >= 11 is 0.696. The van der Waals surface area contributed by atoms with E-state index in [-0.39, 0.29) is 10.8 Å². The Morgan fingerprint density at radius 3 is 2.70 bits per heavy atom. The van der Waals surface area contributed by atoms with E-state index in [0.717, 1.165) is 6.07 Å². The molecule has 11 nitrogen and oxygen atoms in total. The summed E-state index contributed by atoms with van der Waals surface area (Å²) in [7, 11) is -4.21. The molecular weight excluding hydrogens is 310 g/mol. The Bertz CT molecular complexity index is 730. The highest BCUT2D eigenvalue weighted by Gasteiger charge is 2.29. The van der Waals surface area contributed by atoms with Crippen LogP contribution in [0, 0.1) is 10.1 Å². The number of nitrogens with zero attached hydrogens (tertiary/aromatic N) is 4. The zero-order valence-electron chi connectivity index (χ0n) is 9.55. The average Bonchev–Trinajstić information content (AvgIpc) is 2.89. The number of hydrogen-bond donors (Lipinski definition) is 3. The SMILES string of the molecule is NNc1cccc(S(=O)(=O)Nc2nnns2)c1[N+](=O)[O-]. The van der Waals surface area contributed by atoms with E-state index in [9.17, 15) is 18.5 Å². The zero-order chi connectivity index (χ0) is 14.8. The van der Waals surface area contributed by atoms with Crippen molar-refractivity contribution in [2.75, 3.05) is 10.1 Å². The lowest BCUT2D eigenvalue weighted by molar-refractivity contribution is -0.386. The normalized spacial score (nSPS) is 11.1. The van der Waals surface area contributed by atoms with Crippen LogP contribution < -0.4 is 16.0 Å². The van der Waals surface area contributed by atoms with Crippen LogP contribution in [0.1, 0.15) is 0 Å². The van der Waals surface area contributed by atoms with Crippen LogP contribution in [0.2, 0.25) is 0 Å². The molecule has 1 aromatic heterocycles. The summed E-state index contributed by atoms with van der Waals surface area (Å²) in [5.74, 6) is 5.14. The number of hydrazine groups is 1. The Morgan fingerprint density at radius 2 is 2.15 bits per heavy atom. The standard InChI is InChI=1S/C7H7N7O4S2/c8-9-4-2-1-3-5(6(4)14(15)16)20(17,18)11-7-10-12-13-19-7/h1-3,9H,8H2,(H,10,11,13). The summed E-state index contributed by atoms with van der Waals surface area (Å²) in [6.45, 7) is 0. The van der Waals surface area contributed by atoms with Crippen molar-refractivity contribution in [3.8, 4) is 0 Å². The van der Waals surface area contributed by atoms with Crippen molar-refractivity contribution in [2.24, 2.45) is 5.84 Å². The van der Waals surface area contributed by atoms with E-state index >= 15 is 0 Å². The van der Waals surface area contributed by atoms with Crippen LogP contribution in [0.4, 0.5) is 16.5 Å². The van der Waals surface area contributed by atoms with E-state index < -0.39 is 25.5 Å². The molecule has 0 spiro atoms. The van der Waals surface area contributed by atoms with Crippen LogP contribution in [0.25, 0.3) is 0 Å². The summed E-state index contributed by atoms with van der Waals surface area (Å²) in [6, 6.07) is 3.68. The second-order valence-electron chi connectivity index (χ2n) is 3.33. The Kier molecular flexibility index (Phi) is 3.73. The molecule has 13 heteroatoms. The van der Waals surface area contributed by atoms with Crippen molar-refractivity contribution in [3.63, 3.8) is 0 Å². The molecule has 0 unspecified atom stereocenters. The first-order chi connectivity index (χ1) is 9.45. The van der Waals surface area contributed by atoms with Gasteiger partial charge in [0.1, 0.15) is 5.69 Å². The molecule has 0 radical (unpaired) electrons. The molecule has 0 aliphatic rings. The number of nitro benzene ring substituents is 1. The first-order valence-electron chi connectivity index (χ1n) is 4.87. The van der Waals surface area contributed by atoms with Gasteiger partial charge in [-0.3, -0.25) is 20.7 Å². The number of nitrogen functional groups attached to an aromatic ring is 1. The highest BCUT2D eigenvalue weighted by Crippen LogP contribution is 2.32. The predicted octanol–water partition coefficient (Wildman–Crippen LogP) is -0.0723. The van der Waals surface area contributed by atoms with E-state index in [4.69, 9.17) is 5.84 Å². The van der Waals surface area contributed by atoms with Crippen molar-refractivity contribution < 1.29 is 13.3 Å². The van der Waals surface area contributed by atoms with Crippen molar-refractivity contribution in [1.82, 2.24) is 14.8 Å². The summed E-state index contributed by atoms with van der Waals surface area (Å²) in [6.07, 6.45) is 0. The molecule has 2 rings (SSSR count). The topological polar surface area (TPSA) is 166 Å². The van der Waals surface area contributed by atoms with Crippen molar-refractivity contribution in [2.45, 2.75) is 4.90 Å². The van der Waals surface area contributed by atoms with Crippen LogP contribution in [0.15, 0.2) is 23.1 Å². The van der Waals surface area contributed by atoms with E-state index in [2.05, 4.69) is 20.2 Å². The fourth-order valence-electron chi connectivity index (χ4n) is 1.39. The monoisotopic (exact) mass is 317 g/mol. The molecule has 4 N–H and O–H groups in total. The molecule has 1 aromatic carbocycles. The summed E-state index contributed by atoms with van der Waals surface area (Å²) in [5, 5.41) is 17.5. The van der Waals surface area contributed by atoms with Crippen LogP contribution >= 0.6 is 11.5 Å². The maximum atomic E-state index is 12.1. The zero-order valence-corrected chi connectivity index (χ0v) is 11.2. The second-order valence-corrected chi connectivity index (χ2v) is 5.71. The number of aromatic nitrogens is 3. The van der Waals surface area contributed by atoms with Crippen LogP contribution in [-0.2, 0) is 10.0 Å². The first kappa shape index (κ1) is 14.0. The number of anilines is 2. The summed E-state index contributed by atoms with van der Waals surface area (Å²) < 4.78 is 29.7. The van der Waals surface area contributed by atoms with E-state index in [1.807, 2.05) is 4.72 Å². The van der Waals surface area contributed by atoms with E-state index in [1.54, 1.807) is 0 Å². The van der Waals surface area contributed by atoms with Gasteiger partial charge in [0.05, 0.1) is 4.92 Å². The molecule has 0 saturated carbocycles. The van der Waals surface area contributed by atoms with Crippen molar-refractivity contribution in [1.29, 1.82) is 0 Å². The minimum atomic E-state index is -4.21. The smallest absolute Gasteiger partial charge is 0.314 e. The van der Waals surface area contributed by atoms with Gasteiger partial charge in [0.15, 0.2) is 4.90 Å². The predicted molar refractivity (Wildman–Crippen MR) is 69.4 cm³/mol. The lowest BCUT2D eigenvalue weighted by Crippen LogP contribution is -2.17. The number of rotatable bonds is 5. The fourth-order valence-corrected chi connectivity index (χ4v) is 3.17. The largest absolute Gasteiger partial charge is 0.318 e. The van der Waals surface area contributed by atoms with Gasteiger partial charge in [-0.2, -0.15) is 0 Å². The van der Waals surface area contributed by atoms with Gasteiger partial charge >= 0.3 is 5.69 Å². The van der Waals surface area contributed by atoms with Gasteiger partial charge in [-0.1, -0.05) is 15.7 Å². The van der Waals surface area contributed by atoms with Gasteiger partial charge in [-0.05, 0) is 17.3 Å². The fraction of sp³-hybridized carbons (Fsp3) is 0. The average molecular weight is 317 g/mol.